The summed E-state index contributed by atoms with van der Waals surface area (Å²) >= 11 is 5.96. The number of rotatable bonds is 3. The third kappa shape index (κ3) is 2.75. The van der Waals surface area contributed by atoms with Gasteiger partial charge in [0.1, 0.15) is 0 Å². The summed E-state index contributed by atoms with van der Waals surface area (Å²) in [6.45, 7) is 2.72. The van der Waals surface area contributed by atoms with Crippen LogP contribution in [0, 0.1) is 18.8 Å². The molecule has 0 bridgehead atoms. The van der Waals surface area contributed by atoms with Crippen LogP contribution in [0.1, 0.15) is 28.8 Å². The lowest BCUT2D eigenvalue weighted by Gasteiger charge is -2.27. The Balaban J connectivity index is 1.54. The van der Waals surface area contributed by atoms with Crippen molar-refractivity contribution in [3.05, 3.63) is 64.7 Å². The summed E-state index contributed by atoms with van der Waals surface area (Å²) in [5.41, 5.74) is 2.19. The minimum Gasteiger partial charge on any atom is -0.292 e. The zero-order valence-corrected chi connectivity index (χ0v) is 16.8. The van der Waals surface area contributed by atoms with Crippen LogP contribution in [0.2, 0.25) is 5.02 Å². The van der Waals surface area contributed by atoms with Gasteiger partial charge in [-0.3, -0.25) is 19.3 Å². The van der Waals surface area contributed by atoms with Gasteiger partial charge in [0.25, 0.3) is 0 Å². The Bertz CT molecular complexity index is 1000. The highest BCUT2D eigenvalue weighted by molar-refractivity contribution is 6.31. The number of amides is 2. The van der Waals surface area contributed by atoms with Gasteiger partial charge >= 0.3 is 0 Å². The Labute approximate surface area is 174 Å². The van der Waals surface area contributed by atoms with Crippen LogP contribution in [-0.2, 0) is 9.59 Å². The number of anilines is 1. The van der Waals surface area contributed by atoms with Crippen molar-refractivity contribution in [1.82, 2.24) is 4.90 Å². The quantitative estimate of drug-likeness (QED) is 0.576. The highest BCUT2D eigenvalue weighted by Gasteiger charge is 2.64. The highest BCUT2D eigenvalue weighted by Crippen LogP contribution is 2.48. The molecule has 0 N–H and O–H groups in total. The minimum atomic E-state index is -0.628. The largest absolute Gasteiger partial charge is 0.292 e. The van der Waals surface area contributed by atoms with Crippen molar-refractivity contribution >= 4 is 34.9 Å². The highest BCUT2D eigenvalue weighted by atomic mass is 35.5. The maximum absolute atomic E-state index is 13.4. The summed E-state index contributed by atoms with van der Waals surface area (Å²) in [4.78, 5) is 43.5. The van der Waals surface area contributed by atoms with E-state index in [1.54, 1.807) is 24.3 Å². The van der Waals surface area contributed by atoms with Gasteiger partial charge in [0.2, 0.25) is 11.8 Å². The van der Waals surface area contributed by atoms with Gasteiger partial charge in [0.15, 0.2) is 5.78 Å². The molecule has 2 aromatic rings. The molecule has 3 aliphatic rings. The van der Waals surface area contributed by atoms with Gasteiger partial charge in [-0.25, -0.2) is 4.90 Å². The van der Waals surface area contributed by atoms with Crippen LogP contribution in [0.25, 0.3) is 0 Å². The van der Waals surface area contributed by atoms with Gasteiger partial charge in [-0.15, -0.1) is 0 Å². The molecule has 5 nitrogen and oxygen atoms in total. The first kappa shape index (κ1) is 18.5. The Morgan fingerprint density at radius 3 is 2.31 bits per heavy atom. The molecular weight excluding hydrogens is 388 g/mol. The van der Waals surface area contributed by atoms with Crippen molar-refractivity contribution in [1.29, 1.82) is 0 Å². The molecule has 0 spiro atoms. The van der Waals surface area contributed by atoms with Crippen molar-refractivity contribution in [2.75, 3.05) is 11.4 Å². The van der Waals surface area contributed by atoms with E-state index in [0.29, 0.717) is 16.3 Å². The van der Waals surface area contributed by atoms with E-state index in [9.17, 15) is 14.4 Å². The van der Waals surface area contributed by atoms with Crippen molar-refractivity contribution in [2.24, 2.45) is 11.8 Å². The molecule has 29 heavy (non-hydrogen) atoms. The molecule has 3 saturated heterocycles. The second-order valence-corrected chi connectivity index (χ2v) is 8.60. The maximum atomic E-state index is 13.4. The fraction of sp³-hybridized carbons (Fsp3) is 0.348. The van der Waals surface area contributed by atoms with Gasteiger partial charge in [0, 0.05) is 16.6 Å². The summed E-state index contributed by atoms with van der Waals surface area (Å²) in [5, 5.41) is 0.544. The number of hydrogen-bond donors (Lipinski definition) is 0. The Hall–Kier alpha value is -2.50. The van der Waals surface area contributed by atoms with E-state index < -0.39 is 17.9 Å². The van der Waals surface area contributed by atoms with E-state index in [0.717, 1.165) is 24.9 Å². The summed E-state index contributed by atoms with van der Waals surface area (Å²) in [7, 11) is 0. The Morgan fingerprint density at radius 2 is 1.62 bits per heavy atom. The molecule has 0 saturated carbocycles. The maximum Gasteiger partial charge on any atom is 0.239 e. The second kappa shape index (κ2) is 6.78. The number of nitrogens with zero attached hydrogens (tertiary/aromatic N) is 2. The molecule has 6 heteroatoms. The first-order valence-corrected chi connectivity index (χ1v) is 10.3. The second-order valence-electron chi connectivity index (χ2n) is 8.16. The molecular formula is C23H21ClN2O3. The fourth-order valence-electron chi connectivity index (χ4n) is 5.25. The third-order valence-electron chi connectivity index (χ3n) is 6.54. The Kier molecular flexibility index (Phi) is 4.33. The van der Waals surface area contributed by atoms with E-state index in [-0.39, 0.29) is 23.6 Å². The number of fused-ring (bicyclic) bond motifs is 3. The Morgan fingerprint density at radius 1 is 0.966 bits per heavy atom. The fourth-order valence-corrected chi connectivity index (χ4v) is 5.37. The molecule has 4 atom stereocenters. The van der Waals surface area contributed by atoms with E-state index in [1.165, 1.54) is 4.90 Å². The van der Waals surface area contributed by atoms with Crippen LogP contribution >= 0.6 is 11.6 Å². The number of ketones is 1. The summed E-state index contributed by atoms with van der Waals surface area (Å²) in [6.07, 6.45) is 1.78. The average molecular weight is 409 g/mol. The number of hydrogen-bond acceptors (Lipinski definition) is 4. The van der Waals surface area contributed by atoms with Crippen LogP contribution < -0.4 is 4.90 Å². The van der Waals surface area contributed by atoms with Crippen molar-refractivity contribution in [3.8, 4) is 0 Å². The summed E-state index contributed by atoms with van der Waals surface area (Å²) < 4.78 is 0. The predicted molar refractivity (Wildman–Crippen MR) is 110 cm³/mol. The van der Waals surface area contributed by atoms with Crippen LogP contribution in [0.3, 0.4) is 0 Å². The number of benzene rings is 2. The smallest absolute Gasteiger partial charge is 0.239 e. The standard InChI is InChI=1S/C23H21ClN2O3/c1-13-4-6-14(7-5-13)21(27)20-19-18(17-3-2-12-25(17)20)22(28)26(23(19)29)16-10-8-15(24)9-11-16/h4-11,17-20H,2-3,12H2,1H3/t17-,18-,19+,20+/m1/s1. The van der Waals surface area contributed by atoms with Gasteiger partial charge < -0.3 is 0 Å². The molecule has 2 amide bonds. The lowest BCUT2D eigenvalue weighted by molar-refractivity contribution is -0.123. The van der Waals surface area contributed by atoms with Gasteiger partial charge in [0.05, 0.1) is 23.6 Å². The first-order chi connectivity index (χ1) is 14.0. The van der Waals surface area contributed by atoms with Crippen LogP contribution in [0.5, 0.6) is 0 Å². The third-order valence-corrected chi connectivity index (χ3v) is 6.79. The monoisotopic (exact) mass is 408 g/mol. The molecule has 2 aromatic carbocycles. The van der Waals surface area contributed by atoms with Crippen LogP contribution in [-0.4, -0.2) is 41.1 Å². The molecule has 148 valence electrons. The molecule has 3 aliphatic heterocycles. The summed E-state index contributed by atoms with van der Waals surface area (Å²) in [6, 6.07) is 13.5. The number of imide groups is 1. The van der Waals surface area contributed by atoms with E-state index in [1.807, 2.05) is 31.2 Å². The SMILES string of the molecule is Cc1ccc(C(=O)[C@@H]2[C@H]3C(=O)N(c4ccc(Cl)cc4)C(=O)[C@@H]3[C@H]3CCCN32)cc1. The first-order valence-electron chi connectivity index (χ1n) is 9.97. The molecule has 0 radical (unpaired) electrons. The number of aryl methyl sites for hydroxylation is 1. The van der Waals surface area contributed by atoms with Crippen molar-refractivity contribution < 1.29 is 14.4 Å². The van der Waals surface area contributed by atoms with Crippen LogP contribution in [0.4, 0.5) is 5.69 Å². The number of halogens is 1. The molecule has 0 unspecified atom stereocenters. The van der Waals surface area contributed by atoms with E-state index in [2.05, 4.69) is 4.90 Å². The topological polar surface area (TPSA) is 57.7 Å². The van der Waals surface area contributed by atoms with Gasteiger partial charge in [-0.1, -0.05) is 41.4 Å². The number of carbonyl (C=O) groups excluding carboxylic acids is 3. The molecule has 3 fully saturated rings. The lowest BCUT2D eigenvalue weighted by Crippen LogP contribution is -2.46. The zero-order chi connectivity index (χ0) is 20.3. The van der Waals surface area contributed by atoms with Gasteiger partial charge in [-0.05, 0) is 50.6 Å². The van der Waals surface area contributed by atoms with Crippen molar-refractivity contribution in [2.45, 2.75) is 31.8 Å². The van der Waals surface area contributed by atoms with Gasteiger partial charge in [-0.2, -0.15) is 0 Å². The molecule has 0 aromatic heterocycles. The zero-order valence-electron chi connectivity index (χ0n) is 16.0. The molecule has 3 heterocycles. The van der Waals surface area contributed by atoms with E-state index in [4.69, 9.17) is 11.6 Å². The average Bonchev–Trinajstić information content (AvgIpc) is 3.35. The predicted octanol–water partition coefficient (Wildman–Crippen LogP) is 3.48. The molecule has 0 aliphatic carbocycles. The minimum absolute atomic E-state index is 0.0480. The normalized spacial score (nSPS) is 28.7. The number of Topliss-reactive ketones (excluding diaryl/α,β-unsaturated/α-hetero) is 1. The van der Waals surface area contributed by atoms with Crippen LogP contribution in [0.15, 0.2) is 48.5 Å². The van der Waals surface area contributed by atoms with E-state index >= 15 is 0 Å². The number of carbonyl (C=O) groups is 3. The lowest BCUT2D eigenvalue weighted by atomic mass is 9.85. The summed E-state index contributed by atoms with van der Waals surface area (Å²) in [5.74, 6) is -1.62. The molecule has 5 rings (SSSR count). The van der Waals surface area contributed by atoms with Crippen molar-refractivity contribution in [3.63, 3.8) is 0 Å².